The van der Waals surface area contributed by atoms with Crippen LogP contribution in [0.5, 0.6) is 0 Å². The van der Waals surface area contributed by atoms with Crippen molar-refractivity contribution in [2.75, 3.05) is 16.8 Å². The number of carbonyl (C=O) groups is 1. The fourth-order valence-electron chi connectivity index (χ4n) is 2.77. The van der Waals surface area contributed by atoms with E-state index >= 15 is 0 Å². The Hall–Kier alpha value is -1.59. The highest BCUT2D eigenvalue weighted by Gasteiger charge is 2.39. The first-order valence-electron chi connectivity index (χ1n) is 6.04. The van der Waals surface area contributed by atoms with E-state index in [1.54, 1.807) is 17.4 Å². The Morgan fingerprint density at radius 1 is 1.42 bits per heavy atom. The van der Waals surface area contributed by atoms with Gasteiger partial charge in [0, 0.05) is 11.4 Å². The maximum atomic E-state index is 12.3. The molecule has 1 amide bonds. The molecule has 0 aromatic carbocycles. The first-order valence-corrected chi connectivity index (χ1v) is 7.30. The molecule has 2 aliphatic rings. The van der Waals surface area contributed by atoms with Crippen molar-refractivity contribution >= 4 is 40.4 Å². The zero-order chi connectivity index (χ0) is 13.0. The van der Waals surface area contributed by atoms with Crippen LogP contribution in [0.2, 0.25) is 5.15 Å². The van der Waals surface area contributed by atoms with Crippen LogP contribution in [0, 0.1) is 0 Å². The lowest BCUT2D eigenvalue weighted by Crippen LogP contribution is -2.45. The maximum absolute atomic E-state index is 12.3. The van der Waals surface area contributed by atoms with Gasteiger partial charge in [0.25, 0.3) is 5.91 Å². The zero-order valence-corrected chi connectivity index (χ0v) is 11.5. The van der Waals surface area contributed by atoms with Crippen LogP contribution in [-0.2, 0) is 11.2 Å². The highest BCUT2D eigenvalue weighted by atomic mass is 35.5. The van der Waals surface area contributed by atoms with Crippen LogP contribution in [-0.4, -0.2) is 17.4 Å². The number of fused-ring (bicyclic) bond motifs is 5. The van der Waals surface area contributed by atoms with Crippen molar-refractivity contribution in [3.8, 4) is 0 Å². The smallest absolute Gasteiger partial charge is 0.251 e. The number of amides is 1. The van der Waals surface area contributed by atoms with Crippen LogP contribution in [0.1, 0.15) is 16.5 Å². The zero-order valence-electron chi connectivity index (χ0n) is 9.89. The summed E-state index contributed by atoms with van der Waals surface area (Å²) in [6.45, 7) is 0.798. The summed E-state index contributed by atoms with van der Waals surface area (Å²) < 4.78 is 0. The van der Waals surface area contributed by atoms with E-state index < -0.39 is 0 Å². The number of aromatic nitrogens is 1. The highest BCUT2D eigenvalue weighted by Crippen LogP contribution is 2.42. The predicted molar refractivity (Wildman–Crippen MR) is 76.0 cm³/mol. The molecule has 0 saturated heterocycles. The summed E-state index contributed by atoms with van der Waals surface area (Å²) in [6.07, 6.45) is 0.949. The molecule has 0 bridgehead atoms. The van der Waals surface area contributed by atoms with Crippen molar-refractivity contribution in [2.45, 2.75) is 12.5 Å². The SMILES string of the molecule is O=C1Nc2ccc(Cl)nc2N2CCc3sccc3C12. The van der Waals surface area contributed by atoms with Crippen LogP contribution >= 0.6 is 22.9 Å². The van der Waals surface area contributed by atoms with E-state index in [4.69, 9.17) is 11.6 Å². The standard InChI is InChI=1S/C13H10ClN3OS/c14-10-2-1-8-12(16-10)17-5-3-9-7(4-6-19-9)11(17)13(18)15-8/h1-2,4,6,11H,3,5H2,(H,15,18). The third kappa shape index (κ3) is 1.58. The number of hydrogen-bond donors (Lipinski definition) is 1. The molecule has 96 valence electrons. The number of rotatable bonds is 0. The van der Waals surface area contributed by atoms with E-state index in [9.17, 15) is 4.79 Å². The van der Waals surface area contributed by atoms with Crippen LogP contribution in [0.15, 0.2) is 23.6 Å². The Bertz CT molecular complexity index is 684. The second-order valence-electron chi connectivity index (χ2n) is 4.64. The quantitative estimate of drug-likeness (QED) is 0.759. The van der Waals surface area contributed by atoms with Gasteiger partial charge in [0.1, 0.15) is 11.2 Å². The van der Waals surface area contributed by atoms with Crippen LogP contribution in [0.3, 0.4) is 0 Å². The van der Waals surface area contributed by atoms with E-state index in [0.29, 0.717) is 5.15 Å². The van der Waals surface area contributed by atoms with Gasteiger partial charge >= 0.3 is 0 Å². The second-order valence-corrected chi connectivity index (χ2v) is 6.03. The summed E-state index contributed by atoms with van der Waals surface area (Å²) >= 11 is 7.69. The van der Waals surface area contributed by atoms with E-state index in [2.05, 4.69) is 15.2 Å². The van der Waals surface area contributed by atoms with Crippen molar-refractivity contribution in [1.82, 2.24) is 4.98 Å². The highest BCUT2D eigenvalue weighted by molar-refractivity contribution is 7.10. The van der Waals surface area contributed by atoms with Gasteiger partial charge in [-0.05, 0) is 35.6 Å². The number of anilines is 2. The molecular weight excluding hydrogens is 282 g/mol. The van der Waals surface area contributed by atoms with E-state index in [1.165, 1.54) is 4.88 Å². The van der Waals surface area contributed by atoms with E-state index in [1.807, 2.05) is 17.5 Å². The van der Waals surface area contributed by atoms with Crippen LogP contribution < -0.4 is 10.2 Å². The Kier molecular flexibility index (Phi) is 2.34. The van der Waals surface area contributed by atoms with Gasteiger partial charge < -0.3 is 10.2 Å². The Labute approximate surface area is 119 Å². The van der Waals surface area contributed by atoms with Gasteiger partial charge in [-0.25, -0.2) is 4.98 Å². The summed E-state index contributed by atoms with van der Waals surface area (Å²) in [5, 5.41) is 5.41. The van der Waals surface area contributed by atoms with Crippen LogP contribution in [0.4, 0.5) is 11.5 Å². The molecule has 0 radical (unpaired) electrons. The predicted octanol–water partition coefficient (Wildman–Crippen LogP) is 2.85. The third-order valence-corrected chi connectivity index (χ3v) is 4.79. The second kappa shape index (κ2) is 3.95. The van der Waals surface area contributed by atoms with Crippen LogP contribution in [0.25, 0.3) is 0 Å². The lowest BCUT2D eigenvalue weighted by Gasteiger charge is -2.40. The van der Waals surface area contributed by atoms with Crippen molar-refractivity contribution in [1.29, 1.82) is 0 Å². The number of pyridine rings is 1. The van der Waals surface area contributed by atoms with Gasteiger partial charge in [-0.15, -0.1) is 11.3 Å². The van der Waals surface area contributed by atoms with E-state index in [0.717, 1.165) is 30.0 Å². The van der Waals surface area contributed by atoms with Gasteiger partial charge in [-0.2, -0.15) is 0 Å². The molecular formula is C13H10ClN3OS. The number of thiophene rings is 1. The molecule has 1 unspecified atom stereocenters. The average molecular weight is 292 g/mol. The molecule has 0 saturated carbocycles. The number of nitrogens with zero attached hydrogens (tertiary/aromatic N) is 2. The molecule has 1 N–H and O–H groups in total. The normalized spacial score (nSPS) is 20.4. The minimum Gasteiger partial charge on any atom is -0.338 e. The van der Waals surface area contributed by atoms with Gasteiger partial charge in [0.2, 0.25) is 0 Å². The first-order chi connectivity index (χ1) is 9.24. The molecule has 19 heavy (non-hydrogen) atoms. The largest absolute Gasteiger partial charge is 0.338 e. The van der Waals surface area contributed by atoms with Crippen molar-refractivity contribution < 1.29 is 4.79 Å². The molecule has 6 heteroatoms. The Morgan fingerprint density at radius 2 is 2.32 bits per heavy atom. The van der Waals surface area contributed by atoms with Crippen molar-refractivity contribution in [3.63, 3.8) is 0 Å². The number of hydrogen-bond acceptors (Lipinski definition) is 4. The average Bonchev–Trinajstić information content (AvgIpc) is 2.87. The lowest BCUT2D eigenvalue weighted by molar-refractivity contribution is -0.117. The van der Waals surface area contributed by atoms with E-state index in [-0.39, 0.29) is 11.9 Å². The minimum atomic E-state index is -0.270. The number of halogens is 1. The molecule has 2 aliphatic heterocycles. The summed E-state index contributed by atoms with van der Waals surface area (Å²) in [7, 11) is 0. The summed E-state index contributed by atoms with van der Waals surface area (Å²) in [4.78, 5) is 20.0. The van der Waals surface area contributed by atoms with Gasteiger partial charge in [0.15, 0.2) is 5.82 Å². The Morgan fingerprint density at radius 3 is 3.21 bits per heavy atom. The van der Waals surface area contributed by atoms with Gasteiger partial charge in [-0.1, -0.05) is 11.6 Å². The first kappa shape index (κ1) is 11.3. The molecule has 0 fully saturated rings. The Balaban J connectivity index is 1.89. The van der Waals surface area contributed by atoms with Crippen molar-refractivity contribution in [3.05, 3.63) is 39.2 Å². The summed E-state index contributed by atoms with van der Waals surface area (Å²) in [5.41, 5.74) is 1.84. The molecule has 4 heterocycles. The fraction of sp³-hybridized carbons (Fsp3) is 0.231. The maximum Gasteiger partial charge on any atom is 0.251 e. The molecule has 4 rings (SSSR count). The summed E-state index contributed by atoms with van der Waals surface area (Å²) in [6, 6.07) is 5.27. The lowest BCUT2D eigenvalue weighted by atomic mass is 9.97. The topological polar surface area (TPSA) is 45.2 Å². The third-order valence-electron chi connectivity index (χ3n) is 3.59. The molecule has 1 atom stereocenters. The summed E-state index contributed by atoms with van der Waals surface area (Å²) in [5.74, 6) is 0.782. The molecule has 2 aromatic heterocycles. The number of carbonyl (C=O) groups excluding carboxylic acids is 1. The molecule has 2 aromatic rings. The molecule has 0 aliphatic carbocycles. The number of nitrogens with one attached hydrogen (secondary N) is 1. The minimum absolute atomic E-state index is 0.0102. The monoisotopic (exact) mass is 291 g/mol. The molecule has 0 spiro atoms. The van der Waals surface area contributed by atoms with Gasteiger partial charge in [0.05, 0.1) is 5.69 Å². The van der Waals surface area contributed by atoms with Crippen molar-refractivity contribution in [2.24, 2.45) is 0 Å². The molecule has 4 nitrogen and oxygen atoms in total. The van der Waals surface area contributed by atoms with Gasteiger partial charge in [-0.3, -0.25) is 4.79 Å². The fourth-order valence-corrected chi connectivity index (χ4v) is 3.82.